The van der Waals surface area contributed by atoms with Gasteiger partial charge in [-0.3, -0.25) is 0 Å². The summed E-state index contributed by atoms with van der Waals surface area (Å²) in [5.41, 5.74) is 2.46. The molecule has 1 aromatic carbocycles. The summed E-state index contributed by atoms with van der Waals surface area (Å²) in [5, 5.41) is 9.86. The SMILES string of the molecule is COCc1nc(-c2ccc(C)cc2)c(C(=O)O)s1. The Morgan fingerprint density at radius 1 is 1.39 bits per heavy atom. The largest absolute Gasteiger partial charge is 0.477 e. The molecule has 0 spiro atoms. The summed E-state index contributed by atoms with van der Waals surface area (Å²) in [4.78, 5) is 15.8. The van der Waals surface area contributed by atoms with E-state index in [9.17, 15) is 9.90 Å². The summed E-state index contributed by atoms with van der Waals surface area (Å²) in [6, 6.07) is 7.65. The van der Waals surface area contributed by atoms with Gasteiger partial charge in [0.1, 0.15) is 9.88 Å². The Morgan fingerprint density at radius 3 is 2.61 bits per heavy atom. The third-order valence-electron chi connectivity index (χ3n) is 2.46. The Morgan fingerprint density at radius 2 is 2.06 bits per heavy atom. The number of nitrogens with zero attached hydrogens (tertiary/aromatic N) is 1. The summed E-state index contributed by atoms with van der Waals surface area (Å²) in [7, 11) is 1.56. The number of carboxylic acids is 1. The van der Waals surface area contributed by atoms with E-state index in [1.165, 1.54) is 0 Å². The summed E-state index contributed by atoms with van der Waals surface area (Å²) in [6.07, 6.45) is 0. The molecule has 2 rings (SSSR count). The van der Waals surface area contributed by atoms with Crippen LogP contribution in [0.5, 0.6) is 0 Å². The number of hydrogen-bond donors (Lipinski definition) is 1. The number of ether oxygens (including phenoxy) is 1. The van der Waals surface area contributed by atoms with Crippen LogP contribution in [0.1, 0.15) is 20.2 Å². The molecule has 0 aliphatic heterocycles. The molecule has 0 saturated carbocycles. The lowest BCUT2D eigenvalue weighted by Crippen LogP contribution is -1.95. The first-order valence-corrected chi connectivity index (χ1v) is 6.22. The molecule has 0 radical (unpaired) electrons. The quantitative estimate of drug-likeness (QED) is 0.921. The number of aryl methyl sites for hydroxylation is 1. The van der Waals surface area contributed by atoms with E-state index in [4.69, 9.17) is 4.74 Å². The molecular formula is C13H13NO3S. The minimum atomic E-state index is -0.953. The second kappa shape index (κ2) is 5.29. The Bertz CT molecular complexity index is 560. The number of methoxy groups -OCH3 is 1. The zero-order valence-corrected chi connectivity index (χ0v) is 11.0. The molecule has 2 aromatic rings. The normalized spacial score (nSPS) is 10.6. The number of benzene rings is 1. The molecule has 0 bridgehead atoms. The standard InChI is InChI=1S/C13H13NO3S/c1-8-3-5-9(6-4-8)11-12(13(15)16)18-10(14-11)7-17-2/h3-6H,7H2,1-2H3,(H,15,16). The van der Waals surface area contributed by atoms with Crippen molar-refractivity contribution in [3.05, 3.63) is 39.7 Å². The molecule has 0 fully saturated rings. The van der Waals surface area contributed by atoms with E-state index < -0.39 is 5.97 Å². The molecule has 0 unspecified atom stereocenters. The average molecular weight is 263 g/mol. The monoisotopic (exact) mass is 263 g/mol. The molecule has 94 valence electrons. The van der Waals surface area contributed by atoms with Crippen molar-refractivity contribution >= 4 is 17.3 Å². The van der Waals surface area contributed by atoms with E-state index in [-0.39, 0.29) is 4.88 Å². The van der Waals surface area contributed by atoms with Gasteiger partial charge in [-0.05, 0) is 6.92 Å². The molecule has 5 heteroatoms. The predicted molar refractivity (Wildman–Crippen MR) is 70.0 cm³/mol. The summed E-state index contributed by atoms with van der Waals surface area (Å²) < 4.78 is 4.99. The minimum absolute atomic E-state index is 0.255. The second-order valence-corrected chi connectivity index (χ2v) is 4.97. The zero-order valence-electron chi connectivity index (χ0n) is 10.1. The predicted octanol–water partition coefficient (Wildman–Crippen LogP) is 2.96. The van der Waals surface area contributed by atoms with Crippen molar-refractivity contribution in [2.24, 2.45) is 0 Å². The molecule has 4 nitrogen and oxygen atoms in total. The molecule has 0 amide bonds. The minimum Gasteiger partial charge on any atom is -0.477 e. The van der Waals surface area contributed by atoms with Gasteiger partial charge in [-0.15, -0.1) is 11.3 Å². The van der Waals surface area contributed by atoms with Gasteiger partial charge in [0.15, 0.2) is 0 Å². The highest BCUT2D eigenvalue weighted by molar-refractivity contribution is 7.14. The maximum atomic E-state index is 11.2. The second-order valence-electron chi connectivity index (χ2n) is 3.89. The van der Waals surface area contributed by atoms with Crippen LogP contribution in [-0.2, 0) is 11.3 Å². The topological polar surface area (TPSA) is 59.4 Å². The van der Waals surface area contributed by atoms with Crippen LogP contribution >= 0.6 is 11.3 Å². The van der Waals surface area contributed by atoms with Crippen molar-refractivity contribution in [3.63, 3.8) is 0 Å². The van der Waals surface area contributed by atoms with E-state index in [2.05, 4.69) is 4.98 Å². The highest BCUT2D eigenvalue weighted by Crippen LogP contribution is 2.28. The Labute approximate surface area is 109 Å². The fourth-order valence-corrected chi connectivity index (χ4v) is 2.50. The van der Waals surface area contributed by atoms with Gasteiger partial charge in [-0.25, -0.2) is 9.78 Å². The van der Waals surface area contributed by atoms with Crippen LogP contribution < -0.4 is 0 Å². The number of aromatic nitrogens is 1. The van der Waals surface area contributed by atoms with Crippen LogP contribution in [0.2, 0.25) is 0 Å². The van der Waals surface area contributed by atoms with Crippen molar-refractivity contribution in [2.75, 3.05) is 7.11 Å². The van der Waals surface area contributed by atoms with Crippen LogP contribution in [0.25, 0.3) is 11.3 Å². The lowest BCUT2D eigenvalue weighted by Gasteiger charge is -1.99. The molecule has 0 aliphatic rings. The Kier molecular flexibility index (Phi) is 3.74. The maximum Gasteiger partial charge on any atom is 0.348 e. The molecule has 0 saturated heterocycles. The number of carboxylic acid groups (broad SMARTS) is 1. The van der Waals surface area contributed by atoms with Crippen LogP contribution in [0, 0.1) is 6.92 Å². The highest BCUT2D eigenvalue weighted by atomic mass is 32.1. The van der Waals surface area contributed by atoms with Crippen LogP contribution in [0.3, 0.4) is 0 Å². The van der Waals surface area contributed by atoms with Gasteiger partial charge in [-0.2, -0.15) is 0 Å². The van der Waals surface area contributed by atoms with Gasteiger partial charge >= 0.3 is 5.97 Å². The average Bonchev–Trinajstić information content (AvgIpc) is 2.75. The first-order chi connectivity index (χ1) is 8.61. The van der Waals surface area contributed by atoms with Crippen molar-refractivity contribution < 1.29 is 14.6 Å². The fourth-order valence-electron chi connectivity index (χ4n) is 1.60. The van der Waals surface area contributed by atoms with Crippen LogP contribution in [0.4, 0.5) is 0 Å². The van der Waals surface area contributed by atoms with Crippen molar-refractivity contribution in [1.29, 1.82) is 0 Å². The summed E-state index contributed by atoms with van der Waals surface area (Å²) in [6.45, 7) is 2.32. The Hall–Kier alpha value is -1.72. The van der Waals surface area contributed by atoms with Gasteiger partial charge in [0.25, 0.3) is 0 Å². The number of aromatic carboxylic acids is 1. The van der Waals surface area contributed by atoms with Crippen molar-refractivity contribution in [1.82, 2.24) is 4.98 Å². The van der Waals surface area contributed by atoms with Crippen LogP contribution in [-0.4, -0.2) is 23.2 Å². The summed E-state index contributed by atoms with van der Waals surface area (Å²) >= 11 is 1.16. The molecule has 0 atom stereocenters. The van der Waals surface area contributed by atoms with Crippen molar-refractivity contribution in [2.45, 2.75) is 13.5 Å². The number of carbonyl (C=O) groups is 1. The molecule has 1 aromatic heterocycles. The van der Waals surface area contributed by atoms with E-state index in [0.717, 1.165) is 22.5 Å². The number of thiazole rings is 1. The first-order valence-electron chi connectivity index (χ1n) is 5.41. The van der Waals surface area contributed by atoms with Gasteiger partial charge in [-0.1, -0.05) is 29.8 Å². The number of hydrogen-bond acceptors (Lipinski definition) is 4. The van der Waals surface area contributed by atoms with Crippen LogP contribution in [0.15, 0.2) is 24.3 Å². The number of rotatable bonds is 4. The van der Waals surface area contributed by atoms with Crippen molar-refractivity contribution in [3.8, 4) is 11.3 Å². The maximum absolute atomic E-state index is 11.2. The van der Waals surface area contributed by atoms with Gasteiger partial charge in [0, 0.05) is 12.7 Å². The molecule has 1 N–H and O–H groups in total. The highest BCUT2D eigenvalue weighted by Gasteiger charge is 2.18. The third kappa shape index (κ3) is 2.57. The molecular weight excluding hydrogens is 250 g/mol. The lowest BCUT2D eigenvalue weighted by atomic mass is 10.1. The van der Waals surface area contributed by atoms with E-state index in [1.807, 2.05) is 31.2 Å². The van der Waals surface area contributed by atoms with Gasteiger partial charge in [0.2, 0.25) is 0 Å². The fraction of sp³-hybridized carbons (Fsp3) is 0.231. The van der Waals surface area contributed by atoms with E-state index in [1.54, 1.807) is 7.11 Å². The van der Waals surface area contributed by atoms with Gasteiger partial charge in [0.05, 0.1) is 12.3 Å². The zero-order chi connectivity index (χ0) is 13.1. The van der Waals surface area contributed by atoms with E-state index >= 15 is 0 Å². The third-order valence-corrected chi connectivity index (χ3v) is 3.48. The summed E-state index contributed by atoms with van der Waals surface area (Å²) in [5.74, 6) is -0.953. The lowest BCUT2D eigenvalue weighted by molar-refractivity contribution is 0.0702. The molecule has 1 heterocycles. The molecule has 18 heavy (non-hydrogen) atoms. The molecule has 0 aliphatic carbocycles. The van der Waals surface area contributed by atoms with Gasteiger partial charge < -0.3 is 9.84 Å². The Balaban J connectivity index is 2.47. The first kappa shape index (κ1) is 12.7. The van der Waals surface area contributed by atoms with E-state index in [0.29, 0.717) is 17.3 Å². The smallest absolute Gasteiger partial charge is 0.348 e.